The molecule has 0 aromatic carbocycles. The highest BCUT2D eigenvalue weighted by Crippen LogP contribution is 2.33. The van der Waals surface area contributed by atoms with E-state index in [2.05, 4.69) is 46.4 Å². The van der Waals surface area contributed by atoms with Gasteiger partial charge in [-0.15, -0.1) is 11.3 Å². The van der Waals surface area contributed by atoms with Crippen LogP contribution in [-0.2, 0) is 0 Å². The summed E-state index contributed by atoms with van der Waals surface area (Å²) in [6.45, 7) is 7.22. The van der Waals surface area contributed by atoms with Crippen molar-refractivity contribution in [2.45, 2.75) is 33.2 Å². The summed E-state index contributed by atoms with van der Waals surface area (Å²) in [4.78, 5) is 1.32. The van der Waals surface area contributed by atoms with E-state index in [0.717, 1.165) is 24.5 Å². The third kappa shape index (κ3) is 3.05. The highest BCUT2D eigenvalue weighted by atomic mass is 79.9. The zero-order valence-corrected chi connectivity index (χ0v) is 13.3. The summed E-state index contributed by atoms with van der Waals surface area (Å²) >= 11 is 5.30. The van der Waals surface area contributed by atoms with Gasteiger partial charge in [-0.05, 0) is 60.9 Å². The minimum atomic E-state index is 0.235. The Morgan fingerprint density at radius 2 is 2.17 bits per heavy atom. The molecule has 1 unspecified atom stereocenters. The number of halogens is 1. The summed E-state index contributed by atoms with van der Waals surface area (Å²) in [7, 11) is 0. The van der Waals surface area contributed by atoms with Gasteiger partial charge < -0.3 is 9.73 Å². The molecule has 2 heterocycles. The summed E-state index contributed by atoms with van der Waals surface area (Å²) in [6, 6.07) is 6.64. The minimum Gasteiger partial charge on any atom is -0.466 e. The first-order valence-corrected chi connectivity index (χ1v) is 7.78. The Bertz CT molecular complexity index is 518. The summed E-state index contributed by atoms with van der Waals surface area (Å²) in [5, 5.41) is 3.60. The van der Waals surface area contributed by atoms with Crippen molar-refractivity contribution < 1.29 is 4.42 Å². The van der Waals surface area contributed by atoms with Crippen LogP contribution in [0, 0.1) is 13.8 Å². The fraction of sp³-hybridized carbons (Fsp3) is 0.429. The number of hydrogen-bond acceptors (Lipinski definition) is 3. The van der Waals surface area contributed by atoms with Gasteiger partial charge in [0.05, 0.1) is 9.83 Å². The van der Waals surface area contributed by atoms with E-state index in [1.165, 1.54) is 14.2 Å². The van der Waals surface area contributed by atoms with Crippen molar-refractivity contribution in [3.05, 3.63) is 43.9 Å². The Kier molecular flexibility index (Phi) is 4.65. The van der Waals surface area contributed by atoms with Crippen LogP contribution in [-0.4, -0.2) is 6.54 Å². The van der Waals surface area contributed by atoms with E-state index in [4.69, 9.17) is 4.42 Å². The molecule has 1 N–H and O–H groups in total. The average Bonchev–Trinajstić information content (AvgIpc) is 2.87. The molecule has 2 aromatic rings. The fourth-order valence-electron chi connectivity index (χ4n) is 2.07. The van der Waals surface area contributed by atoms with E-state index in [0.29, 0.717) is 0 Å². The van der Waals surface area contributed by atoms with Crippen LogP contribution in [0.4, 0.5) is 0 Å². The molecule has 18 heavy (non-hydrogen) atoms. The maximum Gasteiger partial charge on any atom is 0.106 e. The molecule has 0 fully saturated rings. The smallest absolute Gasteiger partial charge is 0.106 e. The molecule has 0 amide bonds. The zero-order chi connectivity index (χ0) is 13.1. The van der Waals surface area contributed by atoms with Crippen LogP contribution in [0.3, 0.4) is 0 Å². The number of furan rings is 1. The second kappa shape index (κ2) is 6.04. The third-order valence-electron chi connectivity index (χ3n) is 2.87. The van der Waals surface area contributed by atoms with Crippen molar-refractivity contribution in [3.63, 3.8) is 0 Å². The highest BCUT2D eigenvalue weighted by molar-refractivity contribution is 9.11. The molecule has 0 radical (unpaired) electrons. The molecule has 0 saturated carbocycles. The molecule has 0 aliphatic carbocycles. The van der Waals surface area contributed by atoms with Gasteiger partial charge in [0.2, 0.25) is 0 Å². The predicted octanol–water partition coefficient (Wildman–Crippen LogP) is 4.81. The first kappa shape index (κ1) is 13.8. The van der Waals surface area contributed by atoms with Crippen molar-refractivity contribution in [1.82, 2.24) is 5.32 Å². The van der Waals surface area contributed by atoms with Gasteiger partial charge in [-0.1, -0.05) is 6.92 Å². The van der Waals surface area contributed by atoms with E-state index >= 15 is 0 Å². The molecule has 0 bridgehead atoms. The van der Waals surface area contributed by atoms with Crippen LogP contribution in [0.5, 0.6) is 0 Å². The molecule has 1 atom stereocenters. The molecule has 0 aliphatic heterocycles. The van der Waals surface area contributed by atoms with Gasteiger partial charge in [0, 0.05) is 10.4 Å². The zero-order valence-electron chi connectivity index (χ0n) is 10.9. The lowest BCUT2D eigenvalue weighted by Crippen LogP contribution is -2.22. The van der Waals surface area contributed by atoms with E-state index in [1.54, 1.807) is 11.3 Å². The molecular formula is C14H18BrNOS. The van der Waals surface area contributed by atoms with Gasteiger partial charge in [-0.2, -0.15) is 0 Å². The van der Waals surface area contributed by atoms with Crippen LogP contribution in [0.1, 0.15) is 41.3 Å². The van der Waals surface area contributed by atoms with Gasteiger partial charge >= 0.3 is 0 Å². The molecule has 0 spiro atoms. The van der Waals surface area contributed by atoms with Crippen molar-refractivity contribution in [2.75, 3.05) is 6.54 Å². The summed E-state index contributed by atoms with van der Waals surface area (Å²) in [6.07, 6.45) is 1.12. The summed E-state index contributed by atoms with van der Waals surface area (Å²) in [5.41, 5.74) is 1.25. The average molecular weight is 328 g/mol. The van der Waals surface area contributed by atoms with Gasteiger partial charge in [0.1, 0.15) is 11.5 Å². The first-order chi connectivity index (χ1) is 8.61. The number of rotatable bonds is 5. The van der Waals surface area contributed by atoms with Crippen molar-refractivity contribution in [1.29, 1.82) is 0 Å². The quantitative estimate of drug-likeness (QED) is 0.852. The molecule has 2 aromatic heterocycles. The van der Waals surface area contributed by atoms with Gasteiger partial charge in [0.15, 0.2) is 0 Å². The van der Waals surface area contributed by atoms with Gasteiger partial charge in [0.25, 0.3) is 0 Å². The van der Waals surface area contributed by atoms with E-state index in [-0.39, 0.29) is 6.04 Å². The lowest BCUT2D eigenvalue weighted by Gasteiger charge is -2.16. The van der Waals surface area contributed by atoms with Gasteiger partial charge in [-0.25, -0.2) is 0 Å². The standard InChI is InChI=1S/C14H18BrNOS/c1-4-7-16-14(12-5-6-13(15)18-12)11-8-9(2)17-10(11)3/h5-6,8,14,16H,4,7H2,1-3H3. The Hall–Kier alpha value is -0.580. The van der Waals surface area contributed by atoms with Crippen LogP contribution in [0.15, 0.2) is 26.4 Å². The van der Waals surface area contributed by atoms with Crippen LogP contribution in [0.25, 0.3) is 0 Å². The predicted molar refractivity (Wildman–Crippen MR) is 80.3 cm³/mol. The largest absolute Gasteiger partial charge is 0.466 e. The van der Waals surface area contributed by atoms with Crippen LogP contribution in [0.2, 0.25) is 0 Å². The number of thiophene rings is 1. The lowest BCUT2D eigenvalue weighted by molar-refractivity contribution is 0.494. The number of hydrogen-bond donors (Lipinski definition) is 1. The molecule has 0 aliphatic rings. The van der Waals surface area contributed by atoms with Crippen LogP contribution >= 0.6 is 27.3 Å². The van der Waals surface area contributed by atoms with E-state index in [9.17, 15) is 0 Å². The second-order valence-electron chi connectivity index (χ2n) is 4.40. The number of aryl methyl sites for hydroxylation is 2. The minimum absolute atomic E-state index is 0.235. The van der Waals surface area contributed by atoms with Crippen molar-refractivity contribution in [3.8, 4) is 0 Å². The van der Waals surface area contributed by atoms with Crippen LogP contribution < -0.4 is 5.32 Å². The van der Waals surface area contributed by atoms with Gasteiger partial charge in [-0.3, -0.25) is 0 Å². The Labute approximate surface area is 121 Å². The van der Waals surface area contributed by atoms with E-state index < -0.39 is 0 Å². The number of nitrogens with one attached hydrogen (secondary N) is 1. The fourth-order valence-corrected chi connectivity index (χ4v) is 3.59. The molecule has 4 heteroatoms. The molecule has 98 valence electrons. The Balaban J connectivity index is 2.33. The summed E-state index contributed by atoms with van der Waals surface area (Å²) < 4.78 is 6.82. The SMILES string of the molecule is CCCNC(c1ccc(Br)s1)c1cc(C)oc1C. The highest BCUT2D eigenvalue weighted by Gasteiger charge is 2.20. The first-order valence-electron chi connectivity index (χ1n) is 6.17. The maximum atomic E-state index is 5.66. The van der Waals surface area contributed by atoms with Crippen molar-refractivity contribution >= 4 is 27.3 Å². The second-order valence-corrected chi connectivity index (χ2v) is 6.89. The molecule has 0 saturated heterocycles. The Morgan fingerprint density at radius 1 is 1.39 bits per heavy atom. The molecular weight excluding hydrogens is 310 g/mol. The normalized spacial score (nSPS) is 12.9. The topological polar surface area (TPSA) is 25.2 Å². The third-order valence-corrected chi connectivity index (χ3v) is 4.56. The molecule has 2 nitrogen and oxygen atoms in total. The van der Waals surface area contributed by atoms with E-state index in [1.807, 2.05) is 13.8 Å². The lowest BCUT2D eigenvalue weighted by atomic mass is 10.1. The molecule has 2 rings (SSSR count). The summed E-state index contributed by atoms with van der Waals surface area (Å²) in [5.74, 6) is 1.98. The maximum absolute atomic E-state index is 5.66. The Morgan fingerprint density at radius 3 is 2.67 bits per heavy atom. The van der Waals surface area contributed by atoms with Crippen molar-refractivity contribution in [2.24, 2.45) is 0 Å². The monoisotopic (exact) mass is 327 g/mol.